The van der Waals surface area contributed by atoms with Crippen molar-refractivity contribution in [3.05, 3.63) is 0 Å². The molecule has 17 heavy (non-hydrogen) atoms. The van der Waals surface area contributed by atoms with Crippen molar-refractivity contribution in [1.29, 1.82) is 0 Å². The van der Waals surface area contributed by atoms with Crippen molar-refractivity contribution in [2.75, 3.05) is 18.6 Å². The summed E-state index contributed by atoms with van der Waals surface area (Å²) < 4.78 is 4.96. The summed E-state index contributed by atoms with van der Waals surface area (Å²) in [5, 5.41) is 3.56. The Labute approximate surface area is 108 Å². The van der Waals surface area contributed by atoms with Crippen LogP contribution in [0.1, 0.15) is 38.5 Å². The average molecular weight is 257 g/mol. The molecule has 2 fully saturated rings. The Morgan fingerprint density at radius 2 is 2.06 bits per heavy atom. The van der Waals surface area contributed by atoms with Crippen LogP contribution < -0.4 is 5.32 Å². The Hall–Kier alpha value is -0.220. The van der Waals surface area contributed by atoms with Crippen molar-refractivity contribution in [2.45, 2.75) is 50.6 Å². The van der Waals surface area contributed by atoms with Crippen molar-refractivity contribution in [1.82, 2.24) is 5.32 Å². The van der Waals surface area contributed by atoms with E-state index in [0.29, 0.717) is 12.0 Å². The molecular formula is C13H23NO2S. The van der Waals surface area contributed by atoms with Crippen molar-refractivity contribution in [2.24, 2.45) is 5.92 Å². The van der Waals surface area contributed by atoms with Gasteiger partial charge in [-0.15, -0.1) is 0 Å². The lowest BCUT2D eigenvalue weighted by Crippen LogP contribution is -2.49. The summed E-state index contributed by atoms with van der Waals surface area (Å²) in [4.78, 5) is 11.9. The Bertz CT molecular complexity index is 248. The largest absolute Gasteiger partial charge is 0.468 e. The van der Waals surface area contributed by atoms with Gasteiger partial charge in [-0.1, -0.05) is 19.3 Å². The maximum Gasteiger partial charge on any atom is 0.323 e. The zero-order valence-electron chi connectivity index (χ0n) is 10.6. The topological polar surface area (TPSA) is 38.3 Å². The summed E-state index contributed by atoms with van der Waals surface area (Å²) in [6, 6.07) is 0.455. The number of rotatable bonds is 4. The van der Waals surface area contributed by atoms with Crippen LogP contribution in [0.4, 0.5) is 0 Å². The highest BCUT2D eigenvalue weighted by Gasteiger charge is 2.33. The second kappa shape index (κ2) is 6.64. The highest BCUT2D eigenvalue weighted by Crippen LogP contribution is 2.28. The van der Waals surface area contributed by atoms with Crippen LogP contribution in [0.15, 0.2) is 0 Å². The molecule has 0 spiro atoms. The number of nitrogens with one attached hydrogen (secondary N) is 1. The fraction of sp³-hybridized carbons (Fsp3) is 0.923. The monoisotopic (exact) mass is 257 g/mol. The van der Waals surface area contributed by atoms with Gasteiger partial charge in [0.25, 0.3) is 0 Å². The first-order chi connectivity index (χ1) is 8.31. The van der Waals surface area contributed by atoms with Gasteiger partial charge in [0.05, 0.1) is 7.11 Å². The Balaban J connectivity index is 1.91. The SMILES string of the molecule is COC(=O)C(NC1CCCCC1)C1CCSC1. The Morgan fingerprint density at radius 3 is 2.65 bits per heavy atom. The summed E-state index contributed by atoms with van der Waals surface area (Å²) in [6.45, 7) is 0. The van der Waals surface area contributed by atoms with E-state index in [0.717, 1.165) is 12.2 Å². The first kappa shape index (κ1) is 13.2. The molecule has 1 aliphatic carbocycles. The quantitative estimate of drug-likeness (QED) is 0.784. The van der Waals surface area contributed by atoms with Crippen LogP contribution in [-0.2, 0) is 9.53 Å². The lowest BCUT2D eigenvalue weighted by molar-refractivity contribution is -0.144. The minimum absolute atomic E-state index is 0.0666. The van der Waals surface area contributed by atoms with Gasteiger partial charge < -0.3 is 10.1 Å². The summed E-state index contributed by atoms with van der Waals surface area (Å²) in [5.74, 6) is 2.68. The van der Waals surface area contributed by atoms with E-state index in [1.54, 1.807) is 0 Å². The third-order valence-electron chi connectivity index (χ3n) is 3.91. The Kier molecular flexibility index (Phi) is 5.16. The molecule has 0 amide bonds. The molecule has 3 nitrogen and oxygen atoms in total. The number of carbonyl (C=O) groups excluding carboxylic acids is 1. The standard InChI is InChI=1S/C13H23NO2S/c1-16-13(15)12(10-7-8-17-9-10)14-11-5-3-2-4-6-11/h10-12,14H,2-9H2,1H3. The molecule has 0 aromatic heterocycles. The fourth-order valence-electron chi connectivity index (χ4n) is 2.86. The van der Waals surface area contributed by atoms with Crippen molar-refractivity contribution >= 4 is 17.7 Å². The first-order valence-electron chi connectivity index (χ1n) is 6.73. The minimum Gasteiger partial charge on any atom is -0.468 e. The molecule has 2 atom stereocenters. The molecule has 4 heteroatoms. The molecule has 1 saturated carbocycles. The molecule has 2 rings (SSSR count). The van der Waals surface area contributed by atoms with Crippen molar-refractivity contribution in [3.63, 3.8) is 0 Å². The summed E-state index contributed by atoms with van der Waals surface area (Å²) in [6.07, 6.45) is 7.52. The molecule has 1 N–H and O–H groups in total. The Morgan fingerprint density at radius 1 is 1.29 bits per heavy atom. The van der Waals surface area contributed by atoms with Gasteiger partial charge in [0.1, 0.15) is 6.04 Å². The second-order valence-corrected chi connectivity index (χ2v) is 6.28. The lowest BCUT2D eigenvalue weighted by atomic mass is 9.92. The van der Waals surface area contributed by atoms with Crippen molar-refractivity contribution in [3.8, 4) is 0 Å². The fourth-order valence-corrected chi connectivity index (χ4v) is 4.16. The van der Waals surface area contributed by atoms with Gasteiger partial charge in [-0.3, -0.25) is 4.79 Å². The van der Waals surface area contributed by atoms with Gasteiger partial charge in [-0.05, 0) is 36.7 Å². The van der Waals surface area contributed by atoms with Gasteiger partial charge >= 0.3 is 5.97 Å². The van der Waals surface area contributed by atoms with E-state index in [1.165, 1.54) is 45.0 Å². The van der Waals surface area contributed by atoms with Crippen LogP contribution in [-0.4, -0.2) is 36.7 Å². The predicted molar refractivity (Wildman–Crippen MR) is 71.2 cm³/mol. The summed E-state index contributed by atoms with van der Waals surface area (Å²) in [5.41, 5.74) is 0. The number of esters is 1. The maximum absolute atomic E-state index is 11.9. The highest BCUT2D eigenvalue weighted by molar-refractivity contribution is 7.99. The van der Waals surface area contributed by atoms with Crippen LogP contribution in [0.2, 0.25) is 0 Å². The van der Waals surface area contributed by atoms with Crippen LogP contribution in [0.3, 0.4) is 0 Å². The molecule has 2 unspecified atom stereocenters. The van der Waals surface area contributed by atoms with E-state index >= 15 is 0 Å². The lowest BCUT2D eigenvalue weighted by Gasteiger charge is -2.29. The first-order valence-corrected chi connectivity index (χ1v) is 7.88. The van der Waals surface area contributed by atoms with E-state index in [2.05, 4.69) is 5.32 Å². The number of hydrogen-bond donors (Lipinski definition) is 1. The predicted octanol–water partition coefficient (Wildman–Crippen LogP) is 2.20. The number of methoxy groups -OCH3 is 1. The number of hydrogen-bond acceptors (Lipinski definition) is 4. The molecule has 0 radical (unpaired) electrons. The smallest absolute Gasteiger partial charge is 0.323 e. The van der Waals surface area contributed by atoms with E-state index in [-0.39, 0.29) is 12.0 Å². The van der Waals surface area contributed by atoms with E-state index in [1.807, 2.05) is 11.8 Å². The number of ether oxygens (including phenoxy) is 1. The van der Waals surface area contributed by atoms with Gasteiger partial charge in [-0.2, -0.15) is 11.8 Å². The van der Waals surface area contributed by atoms with E-state index < -0.39 is 0 Å². The average Bonchev–Trinajstić information content (AvgIpc) is 2.90. The van der Waals surface area contributed by atoms with E-state index in [4.69, 9.17) is 4.74 Å². The number of carbonyl (C=O) groups is 1. The molecular weight excluding hydrogens is 234 g/mol. The van der Waals surface area contributed by atoms with E-state index in [9.17, 15) is 4.79 Å². The van der Waals surface area contributed by atoms with Crippen LogP contribution >= 0.6 is 11.8 Å². The molecule has 0 bridgehead atoms. The summed E-state index contributed by atoms with van der Waals surface area (Å²) >= 11 is 1.95. The van der Waals surface area contributed by atoms with Gasteiger partial charge in [0.2, 0.25) is 0 Å². The molecule has 1 aliphatic heterocycles. The normalized spacial score (nSPS) is 27.9. The van der Waals surface area contributed by atoms with Crippen LogP contribution in [0, 0.1) is 5.92 Å². The van der Waals surface area contributed by atoms with Gasteiger partial charge in [0, 0.05) is 6.04 Å². The highest BCUT2D eigenvalue weighted by atomic mass is 32.2. The molecule has 0 aromatic rings. The third kappa shape index (κ3) is 3.62. The molecule has 1 saturated heterocycles. The van der Waals surface area contributed by atoms with Gasteiger partial charge in [0.15, 0.2) is 0 Å². The third-order valence-corrected chi connectivity index (χ3v) is 5.10. The molecule has 2 aliphatic rings. The number of thioether (sulfide) groups is 1. The minimum atomic E-state index is -0.0712. The second-order valence-electron chi connectivity index (χ2n) is 5.13. The van der Waals surface area contributed by atoms with Gasteiger partial charge in [-0.25, -0.2) is 0 Å². The van der Waals surface area contributed by atoms with Crippen molar-refractivity contribution < 1.29 is 9.53 Å². The summed E-state index contributed by atoms with van der Waals surface area (Å²) in [7, 11) is 1.50. The van der Waals surface area contributed by atoms with Crippen LogP contribution in [0.25, 0.3) is 0 Å². The molecule has 1 heterocycles. The van der Waals surface area contributed by atoms with Crippen LogP contribution in [0.5, 0.6) is 0 Å². The molecule has 98 valence electrons. The maximum atomic E-state index is 11.9. The zero-order valence-corrected chi connectivity index (χ0v) is 11.4. The zero-order chi connectivity index (χ0) is 12.1. The molecule has 0 aromatic carbocycles.